The molecule has 1 saturated heterocycles. The Balaban J connectivity index is 2.08. The Bertz CT molecular complexity index is 410. The highest BCUT2D eigenvalue weighted by molar-refractivity contribution is 5.38. The van der Waals surface area contributed by atoms with Crippen molar-refractivity contribution < 1.29 is 4.74 Å². The first-order valence-electron chi connectivity index (χ1n) is 6.99. The van der Waals surface area contributed by atoms with E-state index in [-0.39, 0.29) is 6.10 Å². The Morgan fingerprint density at radius 3 is 2.95 bits per heavy atom. The van der Waals surface area contributed by atoms with Gasteiger partial charge in [-0.1, -0.05) is 13.8 Å². The summed E-state index contributed by atoms with van der Waals surface area (Å²) in [7, 11) is 0. The van der Waals surface area contributed by atoms with Crippen molar-refractivity contribution in [3.05, 3.63) is 18.1 Å². The first-order valence-corrected chi connectivity index (χ1v) is 6.99. The zero-order chi connectivity index (χ0) is 13.8. The van der Waals surface area contributed by atoms with Gasteiger partial charge in [0.15, 0.2) is 0 Å². The Hall–Kier alpha value is -1.20. The standard InChI is InChI=1S/C14H24N4O/c1-10(2)16-6-13-5-15-7-14(17-13)18-8-12(4)19-9-11(18)3/h5,7,10-12,16H,6,8-9H2,1-4H3. The van der Waals surface area contributed by atoms with Gasteiger partial charge in [0.05, 0.1) is 30.6 Å². The lowest BCUT2D eigenvalue weighted by atomic mass is 10.2. The largest absolute Gasteiger partial charge is 0.375 e. The van der Waals surface area contributed by atoms with E-state index in [0.29, 0.717) is 12.1 Å². The molecule has 5 heteroatoms. The first kappa shape index (κ1) is 14.2. The van der Waals surface area contributed by atoms with Crippen LogP contribution >= 0.6 is 0 Å². The number of hydrogen-bond donors (Lipinski definition) is 1. The van der Waals surface area contributed by atoms with E-state index < -0.39 is 0 Å². The van der Waals surface area contributed by atoms with Crippen LogP contribution in [0.25, 0.3) is 0 Å². The van der Waals surface area contributed by atoms with Crippen LogP contribution in [0.5, 0.6) is 0 Å². The maximum absolute atomic E-state index is 5.65. The van der Waals surface area contributed by atoms with E-state index in [0.717, 1.165) is 31.2 Å². The predicted molar refractivity (Wildman–Crippen MR) is 76.2 cm³/mol. The molecule has 1 aromatic rings. The minimum Gasteiger partial charge on any atom is -0.375 e. The lowest BCUT2D eigenvalue weighted by Gasteiger charge is -2.37. The second kappa shape index (κ2) is 6.30. The number of aromatic nitrogens is 2. The van der Waals surface area contributed by atoms with Crippen molar-refractivity contribution in [3.8, 4) is 0 Å². The molecular formula is C14H24N4O. The quantitative estimate of drug-likeness (QED) is 0.895. The summed E-state index contributed by atoms with van der Waals surface area (Å²) < 4.78 is 5.65. The van der Waals surface area contributed by atoms with E-state index in [4.69, 9.17) is 9.72 Å². The third-order valence-corrected chi connectivity index (χ3v) is 3.27. The van der Waals surface area contributed by atoms with Crippen LogP contribution in [0.3, 0.4) is 0 Å². The molecule has 0 aromatic carbocycles. The number of rotatable bonds is 4. The molecule has 1 aromatic heterocycles. The summed E-state index contributed by atoms with van der Waals surface area (Å²) in [6.07, 6.45) is 3.91. The Labute approximate surface area is 115 Å². The molecule has 19 heavy (non-hydrogen) atoms. The number of anilines is 1. The van der Waals surface area contributed by atoms with E-state index in [2.05, 4.69) is 42.9 Å². The van der Waals surface area contributed by atoms with E-state index in [9.17, 15) is 0 Å². The molecule has 2 heterocycles. The molecule has 5 nitrogen and oxygen atoms in total. The molecule has 1 aliphatic rings. The molecule has 1 aliphatic heterocycles. The number of morpholine rings is 1. The van der Waals surface area contributed by atoms with E-state index in [1.807, 2.05) is 12.4 Å². The van der Waals surface area contributed by atoms with Gasteiger partial charge in [-0.15, -0.1) is 0 Å². The second-order valence-corrected chi connectivity index (χ2v) is 5.55. The molecule has 0 bridgehead atoms. The van der Waals surface area contributed by atoms with Crippen LogP contribution in [0.2, 0.25) is 0 Å². The highest BCUT2D eigenvalue weighted by Crippen LogP contribution is 2.19. The van der Waals surface area contributed by atoms with Crippen LogP contribution in [-0.2, 0) is 11.3 Å². The van der Waals surface area contributed by atoms with Crippen LogP contribution in [0.15, 0.2) is 12.4 Å². The number of ether oxygens (including phenoxy) is 1. The fraction of sp³-hybridized carbons (Fsp3) is 0.714. The fourth-order valence-corrected chi connectivity index (χ4v) is 2.15. The molecule has 0 spiro atoms. The number of nitrogens with one attached hydrogen (secondary N) is 1. The van der Waals surface area contributed by atoms with Crippen LogP contribution in [-0.4, -0.2) is 41.3 Å². The Kier molecular flexibility index (Phi) is 4.71. The van der Waals surface area contributed by atoms with E-state index in [1.165, 1.54) is 0 Å². The molecular weight excluding hydrogens is 240 g/mol. The molecule has 0 amide bonds. The molecule has 2 atom stereocenters. The van der Waals surface area contributed by atoms with Gasteiger partial charge in [-0.3, -0.25) is 4.98 Å². The second-order valence-electron chi connectivity index (χ2n) is 5.55. The summed E-state index contributed by atoms with van der Waals surface area (Å²) in [5.74, 6) is 0.950. The summed E-state index contributed by atoms with van der Waals surface area (Å²) in [4.78, 5) is 11.3. The zero-order valence-corrected chi connectivity index (χ0v) is 12.3. The normalized spacial score (nSPS) is 23.9. The molecule has 1 N–H and O–H groups in total. The van der Waals surface area contributed by atoms with Gasteiger partial charge in [-0.25, -0.2) is 4.98 Å². The fourth-order valence-electron chi connectivity index (χ4n) is 2.15. The van der Waals surface area contributed by atoms with Gasteiger partial charge >= 0.3 is 0 Å². The molecule has 0 saturated carbocycles. The van der Waals surface area contributed by atoms with Crippen molar-refractivity contribution in [2.45, 2.75) is 52.4 Å². The molecule has 106 valence electrons. The van der Waals surface area contributed by atoms with Crippen molar-refractivity contribution in [2.24, 2.45) is 0 Å². The third kappa shape index (κ3) is 3.88. The monoisotopic (exact) mass is 264 g/mol. The first-order chi connectivity index (χ1) is 9.06. The Morgan fingerprint density at radius 1 is 1.42 bits per heavy atom. The lowest BCUT2D eigenvalue weighted by molar-refractivity contribution is 0.0340. The summed E-state index contributed by atoms with van der Waals surface area (Å²) in [6, 6.07) is 0.798. The van der Waals surface area contributed by atoms with Gasteiger partial charge < -0.3 is 15.0 Å². The summed E-state index contributed by atoms with van der Waals surface area (Å²) in [5.41, 5.74) is 0.984. The minimum atomic E-state index is 0.246. The van der Waals surface area contributed by atoms with E-state index >= 15 is 0 Å². The summed E-state index contributed by atoms with van der Waals surface area (Å²) in [5, 5.41) is 3.37. The highest BCUT2D eigenvalue weighted by atomic mass is 16.5. The average Bonchev–Trinajstić information content (AvgIpc) is 2.39. The Morgan fingerprint density at radius 2 is 2.21 bits per heavy atom. The summed E-state index contributed by atoms with van der Waals surface area (Å²) >= 11 is 0. The topological polar surface area (TPSA) is 50.3 Å². The molecule has 0 aliphatic carbocycles. The molecule has 2 rings (SSSR count). The lowest BCUT2D eigenvalue weighted by Crippen LogP contribution is -2.48. The predicted octanol–water partition coefficient (Wildman–Crippen LogP) is 1.59. The van der Waals surface area contributed by atoms with Gasteiger partial charge in [0.25, 0.3) is 0 Å². The average molecular weight is 264 g/mol. The van der Waals surface area contributed by atoms with Gasteiger partial charge in [0.2, 0.25) is 0 Å². The number of nitrogens with zero attached hydrogens (tertiary/aromatic N) is 3. The van der Waals surface area contributed by atoms with Crippen LogP contribution < -0.4 is 10.2 Å². The van der Waals surface area contributed by atoms with Crippen molar-refractivity contribution in [1.82, 2.24) is 15.3 Å². The molecule has 1 fully saturated rings. The van der Waals surface area contributed by atoms with E-state index in [1.54, 1.807) is 0 Å². The van der Waals surface area contributed by atoms with Crippen LogP contribution in [0.1, 0.15) is 33.4 Å². The molecule has 0 radical (unpaired) electrons. The zero-order valence-electron chi connectivity index (χ0n) is 12.3. The highest BCUT2D eigenvalue weighted by Gasteiger charge is 2.24. The van der Waals surface area contributed by atoms with Crippen molar-refractivity contribution in [1.29, 1.82) is 0 Å². The van der Waals surface area contributed by atoms with Crippen molar-refractivity contribution >= 4 is 5.82 Å². The third-order valence-electron chi connectivity index (χ3n) is 3.27. The van der Waals surface area contributed by atoms with Gasteiger partial charge in [-0.05, 0) is 13.8 Å². The molecule has 2 unspecified atom stereocenters. The maximum Gasteiger partial charge on any atom is 0.147 e. The smallest absolute Gasteiger partial charge is 0.147 e. The minimum absolute atomic E-state index is 0.246. The van der Waals surface area contributed by atoms with Gasteiger partial charge in [-0.2, -0.15) is 0 Å². The van der Waals surface area contributed by atoms with Crippen LogP contribution in [0, 0.1) is 0 Å². The van der Waals surface area contributed by atoms with Gasteiger partial charge in [0, 0.05) is 25.3 Å². The SMILES string of the molecule is CC(C)NCc1cncc(N2CC(C)OCC2C)n1. The van der Waals surface area contributed by atoms with Gasteiger partial charge in [0.1, 0.15) is 5.82 Å². The number of hydrogen-bond acceptors (Lipinski definition) is 5. The summed E-state index contributed by atoms with van der Waals surface area (Å²) in [6.45, 7) is 10.9. The van der Waals surface area contributed by atoms with Crippen molar-refractivity contribution in [3.63, 3.8) is 0 Å². The van der Waals surface area contributed by atoms with Crippen LogP contribution in [0.4, 0.5) is 5.82 Å². The maximum atomic E-state index is 5.65. The van der Waals surface area contributed by atoms with Crippen molar-refractivity contribution in [2.75, 3.05) is 18.1 Å².